The number of hydrogen-bond acceptors (Lipinski definition) is 4. The standard InChI is InChI=1S/C20H36N2O4/c1-2-3-4-5-18(14-6-10-16(11-7-14)25-19(21)23)15-8-12-17(13-9-15)26-20(22)24/h14-18H,2-13H2,1H3,(H2,21,23)(H2,22,24). The Morgan fingerprint density at radius 3 is 1.58 bits per heavy atom. The minimum absolute atomic E-state index is 0.000236. The van der Waals surface area contributed by atoms with Crippen molar-refractivity contribution in [2.75, 3.05) is 0 Å². The zero-order chi connectivity index (χ0) is 18.9. The van der Waals surface area contributed by atoms with E-state index in [0.29, 0.717) is 11.8 Å². The van der Waals surface area contributed by atoms with Gasteiger partial charge in [0.15, 0.2) is 0 Å². The molecule has 0 aromatic rings. The van der Waals surface area contributed by atoms with Crippen molar-refractivity contribution in [3.05, 3.63) is 0 Å². The number of ether oxygens (including phenoxy) is 2. The molecule has 2 aliphatic carbocycles. The fourth-order valence-corrected chi connectivity index (χ4v) is 5.08. The summed E-state index contributed by atoms with van der Waals surface area (Å²) in [7, 11) is 0. The average molecular weight is 369 g/mol. The molecule has 6 nitrogen and oxygen atoms in total. The molecule has 2 aliphatic rings. The van der Waals surface area contributed by atoms with Crippen molar-refractivity contribution < 1.29 is 19.1 Å². The number of nitrogens with two attached hydrogens (primary N) is 2. The fourth-order valence-electron chi connectivity index (χ4n) is 5.08. The molecule has 6 heteroatoms. The van der Waals surface area contributed by atoms with Crippen LogP contribution >= 0.6 is 0 Å². The van der Waals surface area contributed by atoms with Gasteiger partial charge in [-0.25, -0.2) is 9.59 Å². The van der Waals surface area contributed by atoms with Crippen LogP contribution in [-0.4, -0.2) is 24.4 Å². The Kier molecular flexibility index (Phi) is 8.52. The third kappa shape index (κ3) is 6.69. The smallest absolute Gasteiger partial charge is 0.404 e. The summed E-state index contributed by atoms with van der Waals surface area (Å²) < 4.78 is 10.4. The molecule has 150 valence electrons. The summed E-state index contributed by atoms with van der Waals surface area (Å²) in [5.41, 5.74) is 10.3. The molecule has 0 aliphatic heterocycles. The van der Waals surface area contributed by atoms with Gasteiger partial charge in [0.1, 0.15) is 12.2 Å². The van der Waals surface area contributed by atoms with Gasteiger partial charge in [-0.05, 0) is 75.5 Å². The van der Waals surface area contributed by atoms with Crippen LogP contribution in [0.1, 0.15) is 84.0 Å². The molecule has 0 unspecified atom stereocenters. The molecule has 2 saturated carbocycles. The molecule has 4 N–H and O–H groups in total. The van der Waals surface area contributed by atoms with Gasteiger partial charge in [-0.3, -0.25) is 0 Å². The van der Waals surface area contributed by atoms with E-state index in [1.807, 2.05) is 0 Å². The summed E-state index contributed by atoms with van der Waals surface area (Å²) in [5.74, 6) is 2.14. The summed E-state index contributed by atoms with van der Waals surface area (Å²) in [6.07, 6.45) is 12.0. The number of rotatable bonds is 8. The molecule has 0 radical (unpaired) electrons. The van der Waals surface area contributed by atoms with Crippen molar-refractivity contribution in [1.29, 1.82) is 0 Å². The predicted octanol–water partition coefficient (Wildman–Crippen LogP) is 4.49. The average Bonchev–Trinajstić information content (AvgIpc) is 2.60. The van der Waals surface area contributed by atoms with Gasteiger partial charge in [-0.1, -0.05) is 26.2 Å². The molecule has 0 saturated heterocycles. The number of primary amides is 2. The number of amides is 2. The maximum atomic E-state index is 11.0. The summed E-state index contributed by atoms with van der Waals surface area (Å²) in [6, 6.07) is 0. The van der Waals surface area contributed by atoms with Gasteiger partial charge in [0, 0.05) is 0 Å². The molecule has 26 heavy (non-hydrogen) atoms. The van der Waals surface area contributed by atoms with Crippen LogP contribution in [0.5, 0.6) is 0 Å². The normalized spacial score (nSPS) is 30.3. The Hall–Kier alpha value is -1.46. The Labute approximate surface area is 157 Å². The van der Waals surface area contributed by atoms with Crippen molar-refractivity contribution >= 4 is 12.2 Å². The van der Waals surface area contributed by atoms with Crippen LogP contribution in [0.25, 0.3) is 0 Å². The quantitative estimate of drug-likeness (QED) is 0.616. The van der Waals surface area contributed by atoms with Crippen LogP contribution < -0.4 is 11.5 Å². The SMILES string of the molecule is CCCCCC(C1CCC(OC(N)=O)CC1)C1CCC(OC(N)=O)CC1. The van der Waals surface area contributed by atoms with E-state index in [-0.39, 0.29) is 12.2 Å². The molecular formula is C20H36N2O4. The van der Waals surface area contributed by atoms with E-state index in [4.69, 9.17) is 20.9 Å². The second-order valence-electron chi connectivity index (χ2n) is 8.11. The van der Waals surface area contributed by atoms with Crippen LogP contribution in [-0.2, 0) is 9.47 Å². The highest BCUT2D eigenvalue weighted by Gasteiger charge is 2.35. The number of hydrogen-bond donors (Lipinski definition) is 2. The molecule has 0 bridgehead atoms. The molecule has 0 aromatic heterocycles. The van der Waals surface area contributed by atoms with Gasteiger partial charge >= 0.3 is 12.2 Å². The van der Waals surface area contributed by atoms with Gasteiger partial charge in [0.2, 0.25) is 0 Å². The van der Waals surface area contributed by atoms with Gasteiger partial charge in [-0.15, -0.1) is 0 Å². The second-order valence-corrected chi connectivity index (χ2v) is 8.11. The van der Waals surface area contributed by atoms with Crippen LogP contribution in [0.4, 0.5) is 9.59 Å². The van der Waals surface area contributed by atoms with E-state index in [2.05, 4.69) is 6.92 Å². The van der Waals surface area contributed by atoms with Crippen molar-refractivity contribution in [2.45, 2.75) is 96.2 Å². The highest BCUT2D eigenvalue weighted by molar-refractivity contribution is 5.65. The zero-order valence-electron chi connectivity index (χ0n) is 16.2. The Bertz CT molecular complexity index is 405. The van der Waals surface area contributed by atoms with Crippen LogP contribution in [0.2, 0.25) is 0 Å². The van der Waals surface area contributed by atoms with Crippen molar-refractivity contribution in [3.8, 4) is 0 Å². The van der Waals surface area contributed by atoms with E-state index in [1.54, 1.807) is 0 Å². The Morgan fingerprint density at radius 1 is 0.808 bits per heavy atom. The molecule has 0 heterocycles. The minimum atomic E-state index is -0.652. The lowest BCUT2D eigenvalue weighted by Crippen LogP contribution is -2.35. The number of carbonyl (C=O) groups is 2. The third-order valence-corrected chi connectivity index (χ3v) is 6.36. The van der Waals surface area contributed by atoms with Crippen molar-refractivity contribution in [3.63, 3.8) is 0 Å². The first-order valence-electron chi connectivity index (χ1n) is 10.4. The lowest BCUT2D eigenvalue weighted by molar-refractivity contribution is 0.0282. The summed E-state index contributed by atoms with van der Waals surface area (Å²) in [5, 5.41) is 0. The molecular weight excluding hydrogens is 332 g/mol. The monoisotopic (exact) mass is 368 g/mol. The minimum Gasteiger partial charge on any atom is -0.446 e. The Morgan fingerprint density at radius 2 is 1.23 bits per heavy atom. The third-order valence-electron chi connectivity index (χ3n) is 6.36. The van der Waals surface area contributed by atoms with E-state index >= 15 is 0 Å². The van der Waals surface area contributed by atoms with E-state index < -0.39 is 12.2 Å². The van der Waals surface area contributed by atoms with Gasteiger partial charge in [0.25, 0.3) is 0 Å². The Balaban J connectivity index is 1.88. The van der Waals surface area contributed by atoms with E-state index in [9.17, 15) is 9.59 Å². The summed E-state index contributed by atoms with van der Waals surface area (Å²) >= 11 is 0. The number of unbranched alkanes of at least 4 members (excludes halogenated alkanes) is 2. The highest BCUT2D eigenvalue weighted by Crippen LogP contribution is 2.43. The first-order valence-corrected chi connectivity index (χ1v) is 10.4. The molecule has 2 rings (SSSR count). The molecule has 2 fully saturated rings. The largest absolute Gasteiger partial charge is 0.446 e. The molecule has 2 amide bonds. The van der Waals surface area contributed by atoms with Crippen LogP contribution in [0.3, 0.4) is 0 Å². The van der Waals surface area contributed by atoms with Gasteiger partial charge < -0.3 is 20.9 Å². The maximum absolute atomic E-state index is 11.0. The van der Waals surface area contributed by atoms with Gasteiger partial charge in [0.05, 0.1) is 0 Å². The van der Waals surface area contributed by atoms with E-state index in [0.717, 1.165) is 57.3 Å². The number of carbonyl (C=O) groups excluding carboxylic acids is 2. The topological polar surface area (TPSA) is 105 Å². The first kappa shape index (κ1) is 20.8. The summed E-state index contributed by atoms with van der Waals surface area (Å²) in [6.45, 7) is 2.24. The van der Waals surface area contributed by atoms with Crippen LogP contribution in [0.15, 0.2) is 0 Å². The van der Waals surface area contributed by atoms with Crippen molar-refractivity contribution in [2.24, 2.45) is 29.2 Å². The molecule has 0 atom stereocenters. The van der Waals surface area contributed by atoms with Gasteiger partial charge in [-0.2, -0.15) is 0 Å². The zero-order valence-corrected chi connectivity index (χ0v) is 16.2. The molecule has 0 aromatic carbocycles. The molecule has 0 spiro atoms. The second kappa shape index (κ2) is 10.6. The van der Waals surface area contributed by atoms with E-state index in [1.165, 1.54) is 25.7 Å². The van der Waals surface area contributed by atoms with Crippen molar-refractivity contribution in [1.82, 2.24) is 0 Å². The highest BCUT2D eigenvalue weighted by atomic mass is 16.6. The lowest BCUT2D eigenvalue weighted by atomic mass is 9.67. The van der Waals surface area contributed by atoms with Crippen LogP contribution in [0, 0.1) is 17.8 Å². The maximum Gasteiger partial charge on any atom is 0.404 e. The first-order chi connectivity index (χ1) is 12.5. The fraction of sp³-hybridized carbons (Fsp3) is 0.900. The predicted molar refractivity (Wildman–Crippen MR) is 100 cm³/mol. The lowest BCUT2D eigenvalue weighted by Gasteiger charge is -2.40. The summed E-state index contributed by atoms with van der Waals surface area (Å²) in [4.78, 5) is 21.9.